The van der Waals surface area contributed by atoms with Crippen LogP contribution in [0.25, 0.3) is 0 Å². The molecule has 0 radical (unpaired) electrons. The van der Waals surface area contributed by atoms with E-state index in [9.17, 15) is 18.0 Å². The lowest BCUT2D eigenvalue weighted by Gasteiger charge is -2.31. The first-order valence-electron chi connectivity index (χ1n) is 11.9. The van der Waals surface area contributed by atoms with Crippen LogP contribution in [0.2, 0.25) is 0 Å². The Kier molecular flexibility index (Phi) is 7.36. The molecule has 0 aliphatic carbocycles. The van der Waals surface area contributed by atoms with E-state index in [-0.39, 0.29) is 29.8 Å². The molecule has 1 amide bonds. The average molecular weight is 498 g/mol. The van der Waals surface area contributed by atoms with Gasteiger partial charge in [0.2, 0.25) is 5.91 Å². The van der Waals surface area contributed by atoms with Crippen LogP contribution in [0.3, 0.4) is 0 Å². The molecular formula is C28H30F3N3O2. The normalized spacial score (nSPS) is 17.0. The first-order valence-corrected chi connectivity index (χ1v) is 11.9. The third kappa shape index (κ3) is 6.43. The van der Waals surface area contributed by atoms with Crippen molar-refractivity contribution in [3.05, 3.63) is 95.3 Å². The molecule has 190 valence electrons. The maximum absolute atomic E-state index is 13.1. The average Bonchev–Trinajstić information content (AvgIpc) is 3.12. The van der Waals surface area contributed by atoms with Crippen LogP contribution in [0, 0.1) is 0 Å². The fourth-order valence-electron chi connectivity index (χ4n) is 4.45. The molecule has 2 heterocycles. The standard InChI is InChI=1S/C28H30F3N3O2/c1-27(2,3)23-10-8-22(9-11-23)26-33(18-21-5-4-15-32-17-21)19-25(35)34(26)16-14-20-6-12-24(13-7-20)36-28(29,30)31/h4-13,15,17,26H,14,16,18-19H2,1-3H3. The van der Waals surface area contributed by atoms with Crippen molar-refractivity contribution in [2.75, 3.05) is 13.1 Å². The predicted octanol–water partition coefficient (Wildman–Crippen LogP) is 5.86. The van der Waals surface area contributed by atoms with Crippen LogP contribution in [-0.4, -0.2) is 40.1 Å². The zero-order valence-electron chi connectivity index (χ0n) is 20.6. The Morgan fingerprint density at radius 1 is 0.972 bits per heavy atom. The summed E-state index contributed by atoms with van der Waals surface area (Å²) in [6, 6.07) is 18.0. The number of carbonyl (C=O) groups excluding carboxylic acids is 1. The number of aromatic nitrogens is 1. The smallest absolute Gasteiger partial charge is 0.406 e. The highest BCUT2D eigenvalue weighted by Crippen LogP contribution is 2.34. The van der Waals surface area contributed by atoms with Crippen molar-refractivity contribution in [2.45, 2.75) is 51.7 Å². The summed E-state index contributed by atoms with van der Waals surface area (Å²) in [6.45, 7) is 7.77. The summed E-state index contributed by atoms with van der Waals surface area (Å²) in [4.78, 5) is 21.3. The van der Waals surface area contributed by atoms with Crippen LogP contribution in [0.4, 0.5) is 13.2 Å². The zero-order chi connectivity index (χ0) is 25.9. The van der Waals surface area contributed by atoms with Crippen LogP contribution in [0.15, 0.2) is 73.1 Å². The van der Waals surface area contributed by atoms with E-state index >= 15 is 0 Å². The van der Waals surface area contributed by atoms with E-state index in [2.05, 4.69) is 59.7 Å². The van der Waals surface area contributed by atoms with Gasteiger partial charge in [0.1, 0.15) is 11.9 Å². The number of carbonyl (C=O) groups is 1. The van der Waals surface area contributed by atoms with E-state index in [0.29, 0.717) is 19.5 Å². The lowest BCUT2D eigenvalue weighted by Crippen LogP contribution is -2.33. The van der Waals surface area contributed by atoms with Crippen molar-refractivity contribution < 1.29 is 22.7 Å². The van der Waals surface area contributed by atoms with Gasteiger partial charge in [0.25, 0.3) is 0 Å². The minimum atomic E-state index is -4.73. The second-order valence-corrected chi connectivity index (χ2v) is 10.0. The zero-order valence-corrected chi connectivity index (χ0v) is 20.6. The van der Waals surface area contributed by atoms with E-state index in [4.69, 9.17) is 0 Å². The molecule has 1 aromatic heterocycles. The number of amides is 1. The van der Waals surface area contributed by atoms with Crippen molar-refractivity contribution in [2.24, 2.45) is 0 Å². The molecule has 0 spiro atoms. The molecule has 5 nitrogen and oxygen atoms in total. The van der Waals surface area contributed by atoms with Gasteiger partial charge in [0.15, 0.2) is 0 Å². The van der Waals surface area contributed by atoms with Crippen molar-refractivity contribution in [1.29, 1.82) is 0 Å². The van der Waals surface area contributed by atoms with Crippen molar-refractivity contribution in [1.82, 2.24) is 14.8 Å². The highest BCUT2D eigenvalue weighted by molar-refractivity contribution is 5.81. The lowest BCUT2D eigenvalue weighted by molar-refractivity contribution is -0.274. The largest absolute Gasteiger partial charge is 0.573 e. The number of rotatable bonds is 7. The molecule has 2 aromatic carbocycles. The van der Waals surface area contributed by atoms with Gasteiger partial charge < -0.3 is 9.64 Å². The monoisotopic (exact) mass is 497 g/mol. The minimum Gasteiger partial charge on any atom is -0.406 e. The Morgan fingerprint density at radius 3 is 2.25 bits per heavy atom. The van der Waals surface area contributed by atoms with Gasteiger partial charge in [-0.05, 0) is 52.3 Å². The van der Waals surface area contributed by atoms with Crippen LogP contribution in [0.1, 0.15) is 49.2 Å². The highest BCUT2D eigenvalue weighted by atomic mass is 19.4. The van der Waals surface area contributed by atoms with E-state index in [1.54, 1.807) is 24.5 Å². The Hall–Kier alpha value is -3.39. The number of halogens is 3. The molecule has 1 aliphatic heterocycles. The van der Waals surface area contributed by atoms with Gasteiger partial charge in [-0.3, -0.25) is 14.7 Å². The lowest BCUT2D eigenvalue weighted by atomic mass is 9.86. The number of alkyl halides is 3. The van der Waals surface area contributed by atoms with Gasteiger partial charge in [0, 0.05) is 25.5 Å². The molecular weight excluding hydrogens is 467 g/mol. The van der Waals surface area contributed by atoms with Gasteiger partial charge in [-0.15, -0.1) is 13.2 Å². The Bertz CT molecular complexity index is 1160. The molecule has 8 heteroatoms. The van der Waals surface area contributed by atoms with E-state index < -0.39 is 6.36 Å². The van der Waals surface area contributed by atoms with Gasteiger partial charge in [-0.25, -0.2) is 0 Å². The van der Waals surface area contributed by atoms with Gasteiger partial charge >= 0.3 is 6.36 Å². The van der Waals surface area contributed by atoms with E-state index in [0.717, 1.165) is 16.7 Å². The quantitative estimate of drug-likeness (QED) is 0.410. The molecule has 0 bridgehead atoms. The molecule has 1 aliphatic rings. The maximum Gasteiger partial charge on any atom is 0.573 e. The summed E-state index contributed by atoms with van der Waals surface area (Å²) in [7, 11) is 0. The van der Waals surface area contributed by atoms with Gasteiger partial charge in [0.05, 0.1) is 6.54 Å². The second kappa shape index (κ2) is 10.3. The molecule has 3 aromatic rings. The number of pyridine rings is 1. The van der Waals surface area contributed by atoms with Crippen LogP contribution >= 0.6 is 0 Å². The second-order valence-electron chi connectivity index (χ2n) is 10.0. The molecule has 36 heavy (non-hydrogen) atoms. The predicted molar refractivity (Wildman–Crippen MR) is 131 cm³/mol. The number of ether oxygens (including phenoxy) is 1. The molecule has 4 rings (SSSR count). The molecule has 1 unspecified atom stereocenters. The van der Waals surface area contributed by atoms with Crippen LogP contribution < -0.4 is 4.74 Å². The highest BCUT2D eigenvalue weighted by Gasteiger charge is 2.38. The summed E-state index contributed by atoms with van der Waals surface area (Å²) >= 11 is 0. The van der Waals surface area contributed by atoms with Crippen LogP contribution in [-0.2, 0) is 23.2 Å². The third-order valence-electron chi connectivity index (χ3n) is 6.28. The van der Waals surface area contributed by atoms with Crippen molar-refractivity contribution >= 4 is 5.91 Å². The van der Waals surface area contributed by atoms with E-state index in [1.807, 2.05) is 17.0 Å². The molecule has 0 saturated carbocycles. The Labute approximate surface area is 209 Å². The number of hydrogen-bond acceptors (Lipinski definition) is 4. The summed E-state index contributed by atoms with van der Waals surface area (Å²) in [6.07, 6.45) is -0.942. The topological polar surface area (TPSA) is 45.7 Å². The Morgan fingerprint density at radius 2 is 1.67 bits per heavy atom. The fraction of sp³-hybridized carbons (Fsp3) is 0.357. The molecule has 1 atom stereocenters. The van der Waals surface area contributed by atoms with Crippen LogP contribution in [0.5, 0.6) is 5.75 Å². The molecule has 0 N–H and O–H groups in total. The first-order chi connectivity index (χ1) is 17.0. The minimum absolute atomic E-state index is 0.0146. The first kappa shape index (κ1) is 25.7. The summed E-state index contributed by atoms with van der Waals surface area (Å²) < 4.78 is 41.3. The molecule has 1 saturated heterocycles. The fourth-order valence-corrected chi connectivity index (χ4v) is 4.45. The van der Waals surface area contributed by atoms with Gasteiger partial charge in [-0.2, -0.15) is 0 Å². The maximum atomic E-state index is 13.1. The van der Waals surface area contributed by atoms with Crippen molar-refractivity contribution in [3.63, 3.8) is 0 Å². The number of benzene rings is 2. The molecule has 1 fully saturated rings. The number of nitrogens with zero attached hydrogens (tertiary/aromatic N) is 3. The number of hydrogen-bond donors (Lipinski definition) is 0. The van der Waals surface area contributed by atoms with Crippen molar-refractivity contribution in [3.8, 4) is 5.75 Å². The summed E-state index contributed by atoms with van der Waals surface area (Å²) in [5, 5.41) is 0. The van der Waals surface area contributed by atoms with E-state index in [1.165, 1.54) is 17.7 Å². The Balaban J connectivity index is 1.55. The summed E-state index contributed by atoms with van der Waals surface area (Å²) in [5.74, 6) is -0.247. The summed E-state index contributed by atoms with van der Waals surface area (Å²) in [5.41, 5.74) is 4.09. The van der Waals surface area contributed by atoms with Gasteiger partial charge in [-0.1, -0.05) is 63.2 Å². The SMILES string of the molecule is CC(C)(C)c1ccc(C2N(Cc3cccnc3)CC(=O)N2CCc2ccc(OC(F)(F)F)cc2)cc1. The third-order valence-corrected chi connectivity index (χ3v) is 6.28.